The van der Waals surface area contributed by atoms with Crippen molar-refractivity contribution in [3.63, 3.8) is 0 Å². The van der Waals surface area contributed by atoms with Gasteiger partial charge in [0, 0.05) is 22.0 Å². The van der Waals surface area contributed by atoms with E-state index in [4.69, 9.17) is 9.97 Å². The molecule has 1 aliphatic heterocycles. The van der Waals surface area contributed by atoms with Gasteiger partial charge in [0.1, 0.15) is 8.07 Å². The summed E-state index contributed by atoms with van der Waals surface area (Å²) in [6.45, 7) is 4.90. The van der Waals surface area contributed by atoms with Crippen molar-refractivity contribution in [2.24, 2.45) is 0 Å². The zero-order chi connectivity index (χ0) is 35.5. The molecule has 3 heteroatoms. The maximum atomic E-state index is 5.53. The summed E-state index contributed by atoms with van der Waals surface area (Å²) in [5.41, 5.74) is 12.8. The minimum absolute atomic E-state index is 0.777. The fraction of sp³-hybridized carbons (Fsp3) is 0.0400. The molecule has 0 fully saturated rings. The number of hydrogen-bond donors (Lipinski definition) is 0. The second-order valence-electron chi connectivity index (χ2n) is 14.6. The van der Waals surface area contributed by atoms with Gasteiger partial charge in [-0.1, -0.05) is 177 Å². The van der Waals surface area contributed by atoms with Crippen LogP contribution in [0, 0.1) is 0 Å². The molecule has 8 aromatic carbocycles. The zero-order valence-electron chi connectivity index (χ0n) is 29.7. The van der Waals surface area contributed by atoms with Gasteiger partial charge in [-0.3, -0.25) is 0 Å². The number of benzene rings is 8. The Morgan fingerprint density at radius 1 is 0.377 bits per heavy atom. The smallest absolute Gasteiger partial charge is 0.159 e. The van der Waals surface area contributed by atoms with Crippen LogP contribution >= 0.6 is 0 Å². The molecule has 10 rings (SSSR count). The summed E-state index contributed by atoms with van der Waals surface area (Å²) in [5, 5.41) is 7.59. The highest BCUT2D eigenvalue weighted by Crippen LogP contribution is 2.40. The van der Waals surface area contributed by atoms with E-state index in [2.05, 4.69) is 195 Å². The maximum absolute atomic E-state index is 5.53. The molecule has 0 aliphatic carbocycles. The minimum atomic E-state index is -2.19. The molecular weight excluding hydrogens is 657 g/mol. The van der Waals surface area contributed by atoms with Crippen LogP contribution in [0.25, 0.3) is 88.7 Å². The van der Waals surface area contributed by atoms with E-state index in [1.165, 1.54) is 71.0 Å². The number of nitrogens with zero attached hydrogens (tertiary/aromatic N) is 2. The van der Waals surface area contributed by atoms with Crippen LogP contribution in [0.1, 0.15) is 0 Å². The molecule has 0 N–H and O–H groups in total. The van der Waals surface area contributed by atoms with Gasteiger partial charge in [-0.2, -0.15) is 0 Å². The van der Waals surface area contributed by atoms with Crippen molar-refractivity contribution in [3.8, 4) is 67.2 Å². The third-order valence-corrected chi connectivity index (χ3v) is 14.3. The van der Waals surface area contributed by atoms with Crippen LogP contribution < -0.4 is 10.5 Å². The molecule has 0 spiro atoms. The molecule has 2 heterocycles. The molecule has 0 bridgehead atoms. The predicted octanol–water partition coefficient (Wildman–Crippen LogP) is 11.9. The third-order valence-electron chi connectivity index (χ3n) is 11.0. The fourth-order valence-corrected chi connectivity index (χ4v) is 11.1. The Morgan fingerprint density at radius 2 is 0.887 bits per heavy atom. The predicted molar refractivity (Wildman–Crippen MR) is 226 cm³/mol. The molecule has 0 amide bonds. The van der Waals surface area contributed by atoms with Gasteiger partial charge in [-0.05, 0) is 83.9 Å². The molecule has 2 nitrogen and oxygen atoms in total. The van der Waals surface area contributed by atoms with E-state index in [1.54, 1.807) is 0 Å². The number of fused-ring (bicyclic) bond motifs is 5. The van der Waals surface area contributed by atoms with E-state index in [9.17, 15) is 0 Å². The lowest BCUT2D eigenvalue weighted by Gasteiger charge is -2.19. The molecule has 1 aromatic heterocycles. The van der Waals surface area contributed by atoms with Crippen LogP contribution in [0.5, 0.6) is 0 Å². The monoisotopic (exact) mass is 692 g/mol. The minimum Gasteiger partial charge on any atom is -0.237 e. The Hall–Kier alpha value is -6.42. The average molecular weight is 693 g/mol. The van der Waals surface area contributed by atoms with Crippen LogP contribution in [-0.4, -0.2) is 18.0 Å². The van der Waals surface area contributed by atoms with E-state index in [1.807, 2.05) is 0 Å². The zero-order valence-corrected chi connectivity index (χ0v) is 30.7. The Bertz CT molecular complexity index is 2850. The van der Waals surface area contributed by atoms with Gasteiger partial charge < -0.3 is 0 Å². The largest absolute Gasteiger partial charge is 0.237 e. The topological polar surface area (TPSA) is 25.8 Å². The van der Waals surface area contributed by atoms with Crippen LogP contribution in [0.4, 0.5) is 0 Å². The van der Waals surface area contributed by atoms with Gasteiger partial charge in [0.15, 0.2) is 5.82 Å². The van der Waals surface area contributed by atoms with Gasteiger partial charge in [0.2, 0.25) is 0 Å². The third kappa shape index (κ3) is 5.32. The first-order valence-electron chi connectivity index (χ1n) is 18.3. The lowest BCUT2D eigenvalue weighted by Crippen LogP contribution is -2.51. The van der Waals surface area contributed by atoms with Gasteiger partial charge in [-0.25, -0.2) is 9.97 Å². The molecule has 0 saturated heterocycles. The summed E-state index contributed by atoms with van der Waals surface area (Å²) < 4.78 is 0. The Kier molecular flexibility index (Phi) is 7.31. The molecule has 53 heavy (non-hydrogen) atoms. The number of hydrogen-bond acceptors (Lipinski definition) is 2. The van der Waals surface area contributed by atoms with Crippen molar-refractivity contribution >= 4 is 40.1 Å². The first-order valence-corrected chi connectivity index (χ1v) is 21.3. The van der Waals surface area contributed by atoms with Crippen molar-refractivity contribution in [1.82, 2.24) is 9.97 Å². The lowest BCUT2D eigenvalue weighted by atomic mass is 9.94. The van der Waals surface area contributed by atoms with E-state index in [-0.39, 0.29) is 0 Å². The molecule has 0 radical (unpaired) electrons. The van der Waals surface area contributed by atoms with Crippen molar-refractivity contribution in [2.45, 2.75) is 13.1 Å². The van der Waals surface area contributed by atoms with Crippen LogP contribution in [0.15, 0.2) is 182 Å². The fourth-order valence-electron chi connectivity index (χ4n) is 8.22. The number of rotatable bonds is 5. The first kappa shape index (κ1) is 31.3. The standard InChI is InChI=1S/C50H36N2Si/c1-53(2)46-32-41-17-7-6-16-40(41)31-45(46)47-48(44-24-12-18-36-15-8-9-23-43(36)44)51-49(52-50(47)53)42-22-11-21-39(30-42)38-20-10-19-37(29-38)35-27-25-34(26-28-35)33-13-4-3-5-14-33/h3-32H,1-2H3. The van der Waals surface area contributed by atoms with Gasteiger partial charge in [0.25, 0.3) is 0 Å². The lowest BCUT2D eigenvalue weighted by molar-refractivity contribution is 1.21. The van der Waals surface area contributed by atoms with Gasteiger partial charge in [0.05, 0.1) is 5.69 Å². The first-order chi connectivity index (χ1) is 26.0. The summed E-state index contributed by atoms with van der Waals surface area (Å²) in [4.78, 5) is 11.1. The van der Waals surface area contributed by atoms with Crippen molar-refractivity contribution < 1.29 is 0 Å². The van der Waals surface area contributed by atoms with Crippen LogP contribution in [0.2, 0.25) is 13.1 Å². The second kappa shape index (κ2) is 12.4. The molecule has 0 unspecified atom stereocenters. The summed E-state index contributed by atoms with van der Waals surface area (Å²) in [5.74, 6) is 0.777. The normalized spacial score (nSPS) is 12.9. The Morgan fingerprint density at radius 3 is 1.62 bits per heavy atom. The highest BCUT2D eigenvalue weighted by Gasteiger charge is 2.42. The van der Waals surface area contributed by atoms with Crippen LogP contribution in [0.3, 0.4) is 0 Å². The van der Waals surface area contributed by atoms with Crippen LogP contribution in [-0.2, 0) is 0 Å². The highest BCUT2D eigenvalue weighted by atomic mass is 28.3. The maximum Gasteiger partial charge on any atom is 0.159 e. The van der Waals surface area contributed by atoms with E-state index in [0.29, 0.717) is 0 Å². The van der Waals surface area contributed by atoms with Crippen molar-refractivity contribution in [2.75, 3.05) is 0 Å². The summed E-state index contributed by atoms with van der Waals surface area (Å²) in [6.07, 6.45) is 0. The van der Waals surface area contributed by atoms with Crippen molar-refractivity contribution in [3.05, 3.63) is 182 Å². The van der Waals surface area contributed by atoms with Gasteiger partial charge in [-0.15, -0.1) is 0 Å². The van der Waals surface area contributed by atoms with E-state index in [0.717, 1.165) is 28.2 Å². The highest BCUT2D eigenvalue weighted by molar-refractivity contribution is 7.03. The van der Waals surface area contributed by atoms with E-state index >= 15 is 0 Å². The SMILES string of the molecule is C[Si]1(C)c2cc3ccccc3cc2-c2c(-c3cccc4ccccc34)nc(-c3cccc(-c4cccc(-c5ccc(-c6ccccc6)cc5)c4)c3)nc21. The molecule has 0 atom stereocenters. The summed E-state index contributed by atoms with van der Waals surface area (Å²) >= 11 is 0. The second-order valence-corrected chi connectivity index (χ2v) is 18.9. The van der Waals surface area contributed by atoms with Gasteiger partial charge >= 0.3 is 0 Å². The summed E-state index contributed by atoms with van der Waals surface area (Å²) in [6, 6.07) is 65.7. The quantitative estimate of drug-likeness (QED) is 0.168. The van der Waals surface area contributed by atoms with E-state index < -0.39 is 8.07 Å². The Labute approximate surface area is 311 Å². The summed E-state index contributed by atoms with van der Waals surface area (Å²) in [7, 11) is -2.19. The molecule has 9 aromatic rings. The average Bonchev–Trinajstić information content (AvgIpc) is 3.44. The molecule has 1 aliphatic rings. The number of aromatic nitrogens is 2. The molecular formula is C50H36N2Si. The van der Waals surface area contributed by atoms with Crippen molar-refractivity contribution in [1.29, 1.82) is 0 Å². The molecule has 0 saturated carbocycles. The molecule has 250 valence electrons. The Balaban J connectivity index is 1.11.